The minimum absolute atomic E-state index is 0.209. The lowest BCUT2D eigenvalue weighted by molar-refractivity contribution is -0.110. The molecule has 0 radical (unpaired) electrons. The number of rotatable bonds is 4. The molecule has 1 amide bonds. The van der Waals surface area contributed by atoms with Gasteiger partial charge in [-0.05, 0) is 18.2 Å². The van der Waals surface area contributed by atoms with Crippen LogP contribution in [-0.4, -0.2) is 20.1 Å². The standard InChI is InChI=1S/C17H14Cl2N2O3/c1-23-15-7-14(16(24-2)6-12(15)19)20-8-11-10-5-9(18)3-4-13(10)21-17(11)22/h3-8,20H,1-2H3,(H,21,22)/b11-8+. The van der Waals surface area contributed by atoms with E-state index in [1.54, 1.807) is 36.5 Å². The van der Waals surface area contributed by atoms with Crippen LogP contribution in [0.3, 0.4) is 0 Å². The molecule has 0 saturated heterocycles. The molecular weight excluding hydrogens is 351 g/mol. The van der Waals surface area contributed by atoms with Gasteiger partial charge in [0.1, 0.15) is 11.5 Å². The number of carbonyl (C=O) groups is 1. The van der Waals surface area contributed by atoms with Crippen molar-refractivity contribution in [3.8, 4) is 11.5 Å². The van der Waals surface area contributed by atoms with E-state index in [-0.39, 0.29) is 5.91 Å². The first-order valence-electron chi connectivity index (χ1n) is 7.03. The van der Waals surface area contributed by atoms with Crippen LogP contribution in [0, 0.1) is 0 Å². The summed E-state index contributed by atoms with van der Waals surface area (Å²) in [5.74, 6) is 0.819. The number of halogens is 2. The van der Waals surface area contributed by atoms with E-state index in [9.17, 15) is 4.79 Å². The van der Waals surface area contributed by atoms with Gasteiger partial charge in [-0.2, -0.15) is 0 Å². The first kappa shape index (κ1) is 16.5. The molecule has 2 aromatic carbocycles. The van der Waals surface area contributed by atoms with Gasteiger partial charge in [0.25, 0.3) is 5.91 Å². The molecule has 1 aliphatic heterocycles. The van der Waals surface area contributed by atoms with Gasteiger partial charge in [-0.25, -0.2) is 0 Å². The van der Waals surface area contributed by atoms with Gasteiger partial charge in [-0.15, -0.1) is 0 Å². The SMILES string of the molecule is COc1cc(N/C=C2/C(=O)Nc3ccc(Cl)cc32)c(OC)cc1Cl. The van der Waals surface area contributed by atoms with Crippen molar-refractivity contribution >= 4 is 46.1 Å². The second kappa shape index (κ2) is 6.63. The summed E-state index contributed by atoms with van der Waals surface area (Å²) in [6.45, 7) is 0. The molecule has 0 saturated carbocycles. The number of hydrogen-bond acceptors (Lipinski definition) is 4. The highest BCUT2D eigenvalue weighted by molar-refractivity contribution is 6.34. The highest BCUT2D eigenvalue weighted by Crippen LogP contribution is 2.37. The number of hydrogen-bond donors (Lipinski definition) is 2. The highest BCUT2D eigenvalue weighted by Gasteiger charge is 2.24. The van der Waals surface area contributed by atoms with Gasteiger partial charge in [0.05, 0.1) is 30.5 Å². The van der Waals surface area contributed by atoms with Gasteiger partial charge >= 0.3 is 0 Å². The van der Waals surface area contributed by atoms with Gasteiger partial charge in [-0.3, -0.25) is 4.79 Å². The Bertz CT molecular complexity index is 850. The van der Waals surface area contributed by atoms with Gasteiger partial charge in [-0.1, -0.05) is 23.2 Å². The molecule has 0 atom stereocenters. The number of carbonyl (C=O) groups excluding carboxylic acids is 1. The predicted octanol–water partition coefficient (Wildman–Crippen LogP) is 4.42. The lowest BCUT2D eigenvalue weighted by Crippen LogP contribution is -2.05. The topological polar surface area (TPSA) is 59.6 Å². The number of nitrogens with one attached hydrogen (secondary N) is 2. The summed E-state index contributed by atoms with van der Waals surface area (Å²) in [5, 5.41) is 6.85. The lowest BCUT2D eigenvalue weighted by Gasteiger charge is -2.12. The lowest BCUT2D eigenvalue weighted by atomic mass is 10.1. The van der Waals surface area contributed by atoms with Crippen LogP contribution < -0.4 is 20.1 Å². The minimum Gasteiger partial charge on any atom is -0.495 e. The summed E-state index contributed by atoms with van der Waals surface area (Å²) in [6.07, 6.45) is 1.60. The van der Waals surface area contributed by atoms with Crippen LogP contribution >= 0.6 is 23.2 Å². The van der Waals surface area contributed by atoms with Crippen LogP contribution in [0.15, 0.2) is 36.5 Å². The third-order valence-corrected chi connectivity index (χ3v) is 4.14. The Morgan fingerprint density at radius 1 is 1.08 bits per heavy atom. The van der Waals surface area contributed by atoms with E-state index in [1.165, 1.54) is 14.2 Å². The number of ether oxygens (including phenoxy) is 2. The highest BCUT2D eigenvalue weighted by atomic mass is 35.5. The summed E-state index contributed by atoms with van der Waals surface area (Å²) >= 11 is 12.1. The summed E-state index contributed by atoms with van der Waals surface area (Å²) in [5.41, 5.74) is 2.55. The van der Waals surface area contributed by atoms with Crippen molar-refractivity contribution in [3.05, 3.63) is 52.1 Å². The Kier molecular flexibility index (Phi) is 4.55. The molecule has 1 aliphatic rings. The van der Waals surface area contributed by atoms with Gasteiger partial charge in [0.15, 0.2) is 0 Å². The summed E-state index contributed by atoms with van der Waals surface area (Å²) in [7, 11) is 3.06. The maximum absolute atomic E-state index is 12.2. The normalized spacial score (nSPS) is 14.3. The third kappa shape index (κ3) is 3.00. The molecule has 7 heteroatoms. The van der Waals surface area contributed by atoms with E-state index in [0.29, 0.717) is 32.8 Å². The molecule has 24 heavy (non-hydrogen) atoms. The zero-order chi connectivity index (χ0) is 17.3. The third-order valence-electron chi connectivity index (χ3n) is 3.61. The van der Waals surface area contributed by atoms with Crippen molar-refractivity contribution in [3.63, 3.8) is 0 Å². The molecule has 0 aromatic heterocycles. The Balaban J connectivity index is 1.97. The number of anilines is 2. The molecule has 0 unspecified atom stereocenters. The van der Waals surface area contributed by atoms with Crippen molar-refractivity contribution in [2.24, 2.45) is 0 Å². The summed E-state index contributed by atoms with van der Waals surface area (Å²) in [4.78, 5) is 12.2. The average Bonchev–Trinajstić information content (AvgIpc) is 2.88. The van der Waals surface area contributed by atoms with Crippen LogP contribution in [0.1, 0.15) is 5.56 Å². The molecule has 0 fully saturated rings. The molecule has 5 nitrogen and oxygen atoms in total. The zero-order valence-electron chi connectivity index (χ0n) is 12.9. The number of fused-ring (bicyclic) bond motifs is 1. The fourth-order valence-electron chi connectivity index (χ4n) is 2.43. The average molecular weight is 365 g/mol. The number of benzene rings is 2. The van der Waals surface area contributed by atoms with Gasteiger partial charge in [0, 0.05) is 34.6 Å². The molecule has 0 bridgehead atoms. The van der Waals surface area contributed by atoms with Gasteiger partial charge in [0.2, 0.25) is 0 Å². The minimum atomic E-state index is -0.209. The quantitative estimate of drug-likeness (QED) is 0.788. The van der Waals surface area contributed by atoms with E-state index < -0.39 is 0 Å². The predicted molar refractivity (Wildman–Crippen MR) is 96.2 cm³/mol. The van der Waals surface area contributed by atoms with Crippen molar-refractivity contribution in [2.75, 3.05) is 24.9 Å². The van der Waals surface area contributed by atoms with E-state index >= 15 is 0 Å². The second-order valence-corrected chi connectivity index (χ2v) is 5.88. The summed E-state index contributed by atoms with van der Waals surface area (Å²) < 4.78 is 10.5. The molecule has 0 spiro atoms. The maximum atomic E-state index is 12.2. The smallest absolute Gasteiger partial charge is 0.257 e. The number of methoxy groups -OCH3 is 2. The van der Waals surface area contributed by atoms with Crippen LogP contribution in [0.5, 0.6) is 11.5 Å². The molecule has 124 valence electrons. The van der Waals surface area contributed by atoms with Crippen LogP contribution in [0.4, 0.5) is 11.4 Å². The van der Waals surface area contributed by atoms with Crippen molar-refractivity contribution in [2.45, 2.75) is 0 Å². The molecule has 3 rings (SSSR count). The Labute approximate surface area is 149 Å². The monoisotopic (exact) mass is 364 g/mol. The molecule has 2 N–H and O–H groups in total. The van der Waals surface area contributed by atoms with E-state index in [2.05, 4.69) is 10.6 Å². The Hall–Kier alpha value is -2.37. The molecular formula is C17H14Cl2N2O3. The second-order valence-electron chi connectivity index (χ2n) is 5.03. The molecule has 1 heterocycles. The largest absolute Gasteiger partial charge is 0.495 e. The maximum Gasteiger partial charge on any atom is 0.257 e. The molecule has 2 aromatic rings. The fraction of sp³-hybridized carbons (Fsp3) is 0.118. The van der Waals surface area contributed by atoms with Crippen molar-refractivity contribution in [1.82, 2.24) is 0 Å². The van der Waals surface area contributed by atoms with Gasteiger partial charge < -0.3 is 20.1 Å². The van der Waals surface area contributed by atoms with E-state index in [1.807, 2.05) is 0 Å². The summed E-state index contributed by atoms with van der Waals surface area (Å²) in [6, 6.07) is 8.57. The Morgan fingerprint density at radius 3 is 2.54 bits per heavy atom. The van der Waals surface area contributed by atoms with Crippen LogP contribution in [-0.2, 0) is 4.79 Å². The number of amides is 1. The molecule has 0 aliphatic carbocycles. The fourth-order valence-corrected chi connectivity index (χ4v) is 2.83. The van der Waals surface area contributed by atoms with E-state index in [4.69, 9.17) is 32.7 Å². The zero-order valence-corrected chi connectivity index (χ0v) is 14.5. The van der Waals surface area contributed by atoms with Crippen LogP contribution in [0.25, 0.3) is 5.57 Å². The Morgan fingerprint density at radius 2 is 1.83 bits per heavy atom. The first-order chi connectivity index (χ1) is 11.5. The van der Waals surface area contributed by atoms with Crippen LogP contribution in [0.2, 0.25) is 10.0 Å². The first-order valence-corrected chi connectivity index (χ1v) is 7.78. The van der Waals surface area contributed by atoms with E-state index in [0.717, 1.165) is 11.3 Å². The van der Waals surface area contributed by atoms with Crippen molar-refractivity contribution < 1.29 is 14.3 Å². The van der Waals surface area contributed by atoms with Crippen molar-refractivity contribution in [1.29, 1.82) is 0 Å².